The number of aromatic nitrogens is 2. The van der Waals surface area contributed by atoms with Gasteiger partial charge in [0.25, 0.3) is 5.95 Å². The molecule has 1 atom stereocenters. The van der Waals surface area contributed by atoms with E-state index < -0.39 is 0 Å². The number of hydrogen-bond acceptors (Lipinski definition) is 7. The number of rotatable bonds is 4. The fraction of sp³-hybridized carbons (Fsp3) is 0.565. The van der Waals surface area contributed by atoms with E-state index in [1.54, 1.807) is 4.90 Å². The monoisotopic (exact) mass is 437 g/mol. The van der Waals surface area contributed by atoms with Gasteiger partial charge in [0.15, 0.2) is 0 Å². The third-order valence-electron chi connectivity index (χ3n) is 7.28. The molecular weight excluding hydrogens is 410 g/mol. The van der Waals surface area contributed by atoms with Gasteiger partial charge >= 0.3 is 0 Å². The maximum absolute atomic E-state index is 13.1. The van der Waals surface area contributed by atoms with E-state index >= 15 is 0 Å². The summed E-state index contributed by atoms with van der Waals surface area (Å²) < 4.78 is 10.9. The van der Waals surface area contributed by atoms with Crippen molar-refractivity contribution in [1.29, 1.82) is 0 Å². The van der Waals surface area contributed by atoms with E-state index in [1.165, 1.54) is 0 Å². The number of hydrogen-bond donors (Lipinski definition) is 0. The van der Waals surface area contributed by atoms with Crippen molar-refractivity contribution in [2.45, 2.75) is 25.2 Å². The Kier molecular flexibility index (Phi) is 4.67. The van der Waals surface area contributed by atoms with Crippen LogP contribution in [0.25, 0.3) is 0 Å². The van der Waals surface area contributed by atoms with Crippen LogP contribution in [0.2, 0.25) is 0 Å². The molecule has 0 N–H and O–H groups in total. The third kappa shape index (κ3) is 3.35. The van der Waals surface area contributed by atoms with E-state index in [4.69, 9.17) is 9.26 Å². The molecule has 1 aromatic carbocycles. The minimum atomic E-state index is -0.275. The van der Waals surface area contributed by atoms with Crippen LogP contribution in [0.5, 0.6) is 0 Å². The van der Waals surface area contributed by atoms with Gasteiger partial charge in [0.05, 0.1) is 24.5 Å². The largest absolute Gasteiger partial charge is 0.380 e. The van der Waals surface area contributed by atoms with Crippen LogP contribution in [0, 0.1) is 11.3 Å². The molecule has 4 aliphatic rings. The number of amides is 2. The maximum atomic E-state index is 13.1. The van der Waals surface area contributed by atoms with Crippen LogP contribution in [-0.2, 0) is 14.3 Å². The number of benzene rings is 1. The molecule has 9 nitrogen and oxygen atoms in total. The lowest BCUT2D eigenvalue weighted by atomic mass is 9.78. The highest BCUT2D eigenvalue weighted by molar-refractivity contribution is 6.00. The number of likely N-dealkylation sites (tertiary alicyclic amines) is 1. The van der Waals surface area contributed by atoms with E-state index in [9.17, 15) is 9.59 Å². The Morgan fingerprint density at radius 2 is 1.84 bits per heavy atom. The Labute approximate surface area is 186 Å². The number of carbonyl (C=O) groups excluding carboxylic acids is 2. The quantitative estimate of drug-likeness (QED) is 0.718. The number of nitrogens with zero attached hydrogens (tertiary/aromatic N) is 5. The molecule has 0 radical (unpaired) electrons. The number of para-hydroxylation sites is 1. The van der Waals surface area contributed by atoms with Gasteiger partial charge in [-0.25, -0.2) is 0 Å². The summed E-state index contributed by atoms with van der Waals surface area (Å²) in [5, 5.41) is 4.18. The molecule has 1 aromatic heterocycles. The predicted octanol–water partition coefficient (Wildman–Crippen LogP) is 1.67. The second-order valence-corrected chi connectivity index (χ2v) is 9.62. The molecule has 0 bridgehead atoms. The molecule has 0 aliphatic carbocycles. The first-order valence-corrected chi connectivity index (χ1v) is 11.4. The van der Waals surface area contributed by atoms with Crippen molar-refractivity contribution >= 4 is 23.5 Å². The van der Waals surface area contributed by atoms with Crippen LogP contribution in [0.4, 0.5) is 11.6 Å². The van der Waals surface area contributed by atoms with E-state index in [0.29, 0.717) is 36.9 Å². The molecule has 4 fully saturated rings. The summed E-state index contributed by atoms with van der Waals surface area (Å²) >= 11 is 0. The fourth-order valence-electron chi connectivity index (χ4n) is 5.33. The van der Waals surface area contributed by atoms with E-state index in [1.807, 2.05) is 35.2 Å². The first kappa shape index (κ1) is 19.7. The molecule has 4 aliphatic heterocycles. The van der Waals surface area contributed by atoms with Gasteiger partial charge in [-0.15, -0.1) is 0 Å². The summed E-state index contributed by atoms with van der Waals surface area (Å²) in [6.45, 7) is 5.28. The molecule has 0 saturated carbocycles. The second kappa shape index (κ2) is 7.58. The SMILES string of the molecule is O=C([C@@H]1CC(=O)N(c2ccccc2)C1)N1CCC(c2nc(N3CC4(COC4)C3)no2)CC1. The molecule has 4 saturated heterocycles. The van der Waals surface area contributed by atoms with Crippen LogP contribution in [0.15, 0.2) is 34.9 Å². The topological polar surface area (TPSA) is 92.0 Å². The molecule has 1 spiro atoms. The normalized spacial score (nSPS) is 25.2. The summed E-state index contributed by atoms with van der Waals surface area (Å²) in [7, 11) is 0. The standard InChI is InChI=1S/C23H27N5O4/c29-19-10-17(11-28(19)18-4-2-1-3-5-18)21(30)26-8-6-16(7-9-26)20-24-22(25-32-20)27-12-23(13-27)14-31-15-23/h1-5,16-17H,6-15H2/t17-/m1/s1. The van der Waals surface area contributed by atoms with Crippen molar-refractivity contribution in [3.63, 3.8) is 0 Å². The highest BCUT2D eigenvalue weighted by atomic mass is 16.5. The Balaban J connectivity index is 1.03. The lowest BCUT2D eigenvalue weighted by Crippen LogP contribution is -2.66. The third-order valence-corrected chi connectivity index (χ3v) is 7.28. The first-order chi connectivity index (χ1) is 15.6. The number of anilines is 2. The van der Waals surface area contributed by atoms with Gasteiger partial charge in [-0.05, 0) is 30.1 Å². The summed E-state index contributed by atoms with van der Waals surface area (Å²) in [6.07, 6.45) is 1.88. The van der Waals surface area contributed by atoms with Gasteiger partial charge in [0, 0.05) is 50.7 Å². The summed E-state index contributed by atoms with van der Waals surface area (Å²) in [5.74, 6) is 1.34. The highest BCUT2D eigenvalue weighted by Crippen LogP contribution is 2.40. The second-order valence-electron chi connectivity index (χ2n) is 9.62. The molecule has 2 amide bonds. The minimum absolute atomic E-state index is 0.0177. The molecule has 168 valence electrons. The summed E-state index contributed by atoms with van der Waals surface area (Å²) in [4.78, 5) is 36.0. The Bertz CT molecular complexity index is 1000. The van der Waals surface area contributed by atoms with Crippen LogP contribution < -0.4 is 9.80 Å². The van der Waals surface area contributed by atoms with Crippen molar-refractivity contribution in [3.8, 4) is 0 Å². The van der Waals surface area contributed by atoms with Gasteiger partial charge in [0.2, 0.25) is 17.7 Å². The van der Waals surface area contributed by atoms with Crippen molar-refractivity contribution in [1.82, 2.24) is 15.0 Å². The minimum Gasteiger partial charge on any atom is -0.380 e. The maximum Gasteiger partial charge on any atom is 0.266 e. The molecule has 2 aromatic rings. The average molecular weight is 438 g/mol. The predicted molar refractivity (Wildman–Crippen MR) is 115 cm³/mol. The van der Waals surface area contributed by atoms with Gasteiger partial charge in [-0.3, -0.25) is 9.59 Å². The zero-order valence-corrected chi connectivity index (χ0v) is 18.0. The number of ether oxygens (including phenoxy) is 1. The van der Waals surface area contributed by atoms with Gasteiger partial charge < -0.3 is 24.0 Å². The Morgan fingerprint density at radius 3 is 2.53 bits per heavy atom. The highest BCUT2D eigenvalue weighted by Gasteiger charge is 2.50. The first-order valence-electron chi connectivity index (χ1n) is 11.4. The molecule has 6 rings (SSSR count). The lowest BCUT2D eigenvalue weighted by Gasteiger charge is -2.54. The zero-order chi connectivity index (χ0) is 21.7. The lowest BCUT2D eigenvalue weighted by molar-refractivity contribution is -0.136. The number of piperidine rings is 1. The number of carbonyl (C=O) groups is 2. The Morgan fingerprint density at radius 1 is 1.09 bits per heavy atom. The smallest absolute Gasteiger partial charge is 0.266 e. The van der Waals surface area contributed by atoms with Crippen LogP contribution in [0.3, 0.4) is 0 Å². The molecule has 9 heteroatoms. The zero-order valence-electron chi connectivity index (χ0n) is 18.0. The molecule has 0 unspecified atom stereocenters. The average Bonchev–Trinajstić information content (AvgIpc) is 3.39. The van der Waals surface area contributed by atoms with Crippen molar-refractivity contribution < 1.29 is 18.8 Å². The van der Waals surface area contributed by atoms with E-state index in [0.717, 1.165) is 44.8 Å². The van der Waals surface area contributed by atoms with Crippen LogP contribution in [-0.4, -0.2) is 72.8 Å². The van der Waals surface area contributed by atoms with Gasteiger partial charge in [-0.2, -0.15) is 4.98 Å². The van der Waals surface area contributed by atoms with Crippen LogP contribution in [0.1, 0.15) is 31.1 Å². The van der Waals surface area contributed by atoms with Crippen molar-refractivity contribution in [2.24, 2.45) is 11.3 Å². The molecular formula is C23H27N5O4. The van der Waals surface area contributed by atoms with Gasteiger partial charge in [-0.1, -0.05) is 18.2 Å². The van der Waals surface area contributed by atoms with Crippen molar-refractivity contribution in [2.75, 3.05) is 55.7 Å². The molecule has 5 heterocycles. The van der Waals surface area contributed by atoms with E-state index in [-0.39, 0.29) is 30.1 Å². The van der Waals surface area contributed by atoms with E-state index in [2.05, 4.69) is 15.0 Å². The van der Waals surface area contributed by atoms with Gasteiger partial charge in [0.1, 0.15) is 0 Å². The fourth-order valence-corrected chi connectivity index (χ4v) is 5.33. The summed E-state index contributed by atoms with van der Waals surface area (Å²) in [5.41, 5.74) is 1.17. The Hall–Kier alpha value is -2.94. The van der Waals surface area contributed by atoms with Crippen LogP contribution >= 0.6 is 0 Å². The summed E-state index contributed by atoms with van der Waals surface area (Å²) in [6, 6.07) is 9.57. The van der Waals surface area contributed by atoms with Crippen molar-refractivity contribution in [3.05, 3.63) is 36.2 Å². The molecule has 32 heavy (non-hydrogen) atoms.